The van der Waals surface area contributed by atoms with Crippen LogP contribution in [0.4, 0.5) is 0 Å². The SMILES string of the molecule is [2H]CO[C@H]1C[C@H](BCC)O[C@@H]1COP(=O)(O)OP(=O)(O)OP(=O)(O)O. The van der Waals surface area contributed by atoms with Gasteiger partial charge in [0.2, 0.25) is 0 Å². The van der Waals surface area contributed by atoms with E-state index < -0.39 is 42.3 Å². The molecule has 1 rings (SSSR count). The zero-order chi connectivity index (χ0) is 19.3. The highest BCUT2D eigenvalue weighted by Gasteiger charge is 2.42. The van der Waals surface area contributed by atoms with Crippen molar-refractivity contribution < 1.29 is 57.3 Å². The largest absolute Gasteiger partial charge is 0.490 e. The predicted octanol–water partition coefficient (Wildman–Crippen LogP) is 0.334. The predicted molar refractivity (Wildman–Crippen MR) is 81.5 cm³/mol. The fourth-order valence-electron chi connectivity index (χ4n) is 2.10. The van der Waals surface area contributed by atoms with Crippen molar-refractivity contribution in [2.45, 2.75) is 37.9 Å². The van der Waals surface area contributed by atoms with Gasteiger partial charge in [-0.05, 0) is 6.42 Å². The smallest absolute Gasteiger partial charge is 0.379 e. The number of rotatable bonds is 10. The van der Waals surface area contributed by atoms with Crippen molar-refractivity contribution in [2.75, 3.05) is 13.7 Å². The molecule has 0 aromatic rings. The minimum atomic E-state index is -5.55. The van der Waals surface area contributed by atoms with Gasteiger partial charge in [-0.3, -0.25) is 4.52 Å². The Morgan fingerprint density at radius 2 is 1.88 bits per heavy atom. The zero-order valence-corrected chi connectivity index (χ0v) is 15.3. The first-order valence-electron chi connectivity index (χ1n) is 7.43. The molecule has 0 aliphatic carbocycles. The van der Waals surface area contributed by atoms with Gasteiger partial charge in [-0.15, -0.1) is 0 Å². The van der Waals surface area contributed by atoms with Crippen LogP contribution in [0.3, 0.4) is 0 Å². The van der Waals surface area contributed by atoms with E-state index in [1.165, 1.54) is 0 Å². The molecule has 0 bridgehead atoms. The molecule has 12 nitrogen and oxygen atoms in total. The van der Waals surface area contributed by atoms with Gasteiger partial charge in [0.15, 0.2) is 7.28 Å². The number of ether oxygens (including phenoxy) is 2. The van der Waals surface area contributed by atoms with E-state index in [0.29, 0.717) is 13.7 Å². The van der Waals surface area contributed by atoms with Gasteiger partial charge in [-0.25, -0.2) is 13.7 Å². The summed E-state index contributed by atoms with van der Waals surface area (Å²) in [5.74, 6) is 0. The molecule has 0 aromatic heterocycles. The molecular formula is C8H20BO12P3. The topological polar surface area (TPSA) is 178 Å². The van der Waals surface area contributed by atoms with Crippen molar-refractivity contribution in [1.29, 1.82) is 0 Å². The Bertz CT molecular complexity index is 571. The Morgan fingerprint density at radius 3 is 2.42 bits per heavy atom. The van der Waals surface area contributed by atoms with Crippen LogP contribution >= 0.6 is 23.5 Å². The Balaban J connectivity index is 2.63. The molecule has 1 heterocycles. The maximum atomic E-state index is 11.7. The van der Waals surface area contributed by atoms with Crippen LogP contribution in [0.5, 0.6) is 0 Å². The molecule has 142 valence electrons. The second-order valence-electron chi connectivity index (χ2n) is 4.91. The third-order valence-corrected chi connectivity index (χ3v) is 6.72. The first kappa shape index (κ1) is 20.7. The zero-order valence-electron chi connectivity index (χ0n) is 13.7. The standard InChI is InChI=1S/C8H20BO12P3/c1-3-9-8-4-6(17-2)7(19-8)5-18-23(13,14)21-24(15,16)20-22(10,11)12/h6-9H,3-5H2,1-2H3,(H,13,14)(H,15,16)(H2,10,11,12)/t6-,7+,8+/m0/s1/i2D. The molecule has 0 spiro atoms. The minimum absolute atomic E-state index is 0.198. The van der Waals surface area contributed by atoms with Gasteiger partial charge in [0.05, 0.1) is 14.1 Å². The van der Waals surface area contributed by atoms with Crippen LogP contribution in [0, 0.1) is 0 Å². The van der Waals surface area contributed by atoms with Crippen LogP contribution in [0.25, 0.3) is 0 Å². The van der Waals surface area contributed by atoms with Crippen molar-refractivity contribution in [1.82, 2.24) is 0 Å². The molecular weight excluding hydrogens is 392 g/mol. The Kier molecular flexibility index (Phi) is 7.64. The molecule has 1 saturated heterocycles. The van der Waals surface area contributed by atoms with Crippen LogP contribution in [0.1, 0.15) is 14.7 Å². The Labute approximate surface area is 140 Å². The summed E-state index contributed by atoms with van der Waals surface area (Å²) in [6.07, 6.45) is -0.147. The first-order chi connectivity index (χ1) is 11.4. The second-order valence-corrected chi connectivity index (χ2v) is 9.33. The Morgan fingerprint density at radius 1 is 1.21 bits per heavy atom. The average molecular weight is 413 g/mol. The summed E-state index contributed by atoms with van der Waals surface area (Å²) in [6.45, 7) is 1.36. The summed E-state index contributed by atoms with van der Waals surface area (Å²) in [5.41, 5.74) is 0. The van der Waals surface area contributed by atoms with Crippen molar-refractivity contribution >= 4 is 30.7 Å². The second kappa shape index (κ2) is 8.86. The lowest BCUT2D eigenvalue weighted by Crippen LogP contribution is -2.28. The van der Waals surface area contributed by atoms with Crippen molar-refractivity contribution in [3.05, 3.63) is 0 Å². The molecule has 0 aromatic carbocycles. The summed E-state index contributed by atoms with van der Waals surface area (Å²) in [4.78, 5) is 35.3. The van der Waals surface area contributed by atoms with E-state index in [2.05, 4.69) is 13.1 Å². The molecule has 24 heavy (non-hydrogen) atoms. The van der Waals surface area contributed by atoms with E-state index in [9.17, 15) is 18.6 Å². The maximum absolute atomic E-state index is 11.7. The van der Waals surface area contributed by atoms with Gasteiger partial charge in [0.1, 0.15) is 6.10 Å². The van der Waals surface area contributed by atoms with E-state index in [0.717, 1.165) is 6.32 Å². The highest BCUT2D eigenvalue weighted by atomic mass is 31.3. The van der Waals surface area contributed by atoms with E-state index >= 15 is 0 Å². The summed E-state index contributed by atoms with van der Waals surface area (Å²) in [6, 6.07) is -0.198. The molecule has 0 saturated carbocycles. The van der Waals surface area contributed by atoms with Gasteiger partial charge in [0, 0.05) is 13.1 Å². The molecule has 1 aliphatic rings. The quantitative estimate of drug-likeness (QED) is 0.285. The molecule has 0 radical (unpaired) electrons. The monoisotopic (exact) mass is 413 g/mol. The van der Waals surface area contributed by atoms with Gasteiger partial charge < -0.3 is 29.0 Å². The van der Waals surface area contributed by atoms with Crippen LogP contribution in [0.15, 0.2) is 0 Å². The third kappa shape index (κ3) is 8.18. The van der Waals surface area contributed by atoms with Crippen LogP contribution < -0.4 is 0 Å². The van der Waals surface area contributed by atoms with Crippen molar-refractivity contribution in [3.63, 3.8) is 0 Å². The van der Waals surface area contributed by atoms with E-state index in [-0.39, 0.29) is 13.1 Å². The number of hydrogen-bond acceptors (Lipinski definition) is 8. The number of methoxy groups -OCH3 is 1. The van der Waals surface area contributed by atoms with Gasteiger partial charge in [-0.1, -0.05) is 13.2 Å². The fourth-order valence-corrected chi connectivity index (χ4v) is 5.13. The lowest BCUT2D eigenvalue weighted by molar-refractivity contribution is -0.0206. The fraction of sp³-hybridized carbons (Fsp3) is 1.00. The van der Waals surface area contributed by atoms with Gasteiger partial charge >= 0.3 is 23.5 Å². The van der Waals surface area contributed by atoms with Gasteiger partial charge in [-0.2, -0.15) is 8.62 Å². The van der Waals surface area contributed by atoms with Crippen molar-refractivity contribution in [2.24, 2.45) is 0 Å². The molecule has 1 aliphatic heterocycles. The molecule has 16 heteroatoms. The Hall–Kier alpha value is 0.395. The molecule has 1 fully saturated rings. The molecule has 0 amide bonds. The van der Waals surface area contributed by atoms with E-state index in [1.54, 1.807) is 0 Å². The molecule has 5 atom stereocenters. The molecule has 4 N–H and O–H groups in total. The number of hydrogen-bond donors (Lipinski definition) is 4. The number of phosphoric ester groups is 1. The maximum Gasteiger partial charge on any atom is 0.490 e. The van der Waals surface area contributed by atoms with Crippen molar-refractivity contribution in [3.8, 4) is 0 Å². The van der Waals surface area contributed by atoms with E-state index in [4.69, 9.17) is 25.5 Å². The average Bonchev–Trinajstić information content (AvgIpc) is 2.75. The molecule has 2 unspecified atom stereocenters. The summed E-state index contributed by atoms with van der Waals surface area (Å²) in [7, 11) is -15.9. The van der Waals surface area contributed by atoms with E-state index in [1.807, 2.05) is 6.92 Å². The van der Waals surface area contributed by atoms with Crippen LogP contribution in [-0.2, 0) is 36.3 Å². The lowest BCUT2D eigenvalue weighted by Gasteiger charge is -2.20. The van der Waals surface area contributed by atoms with Gasteiger partial charge in [0.25, 0.3) is 0 Å². The summed E-state index contributed by atoms with van der Waals surface area (Å²) >= 11 is 0. The van der Waals surface area contributed by atoms with Crippen LogP contribution in [0.2, 0.25) is 6.32 Å². The highest BCUT2D eigenvalue weighted by Crippen LogP contribution is 2.66. The van der Waals surface area contributed by atoms with Crippen LogP contribution in [-0.4, -0.2) is 58.8 Å². The highest BCUT2D eigenvalue weighted by molar-refractivity contribution is 7.66. The third-order valence-electron chi connectivity index (χ3n) is 2.92. The minimum Gasteiger partial charge on any atom is -0.379 e. The summed E-state index contributed by atoms with van der Waals surface area (Å²) < 4.78 is 62.9. The number of phosphoric acid groups is 3. The lowest BCUT2D eigenvalue weighted by atomic mass is 9.68. The summed E-state index contributed by atoms with van der Waals surface area (Å²) in [5, 5.41) is 0. The normalized spacial score (nSPS) is 30.4. The first-order valence-corrected chi connectivity index (χ1v) is 11.2.